The van der Waals surface area contributed by atoms with E-state index in [0.717, 1.165) is 6.42 Å². The van der Waals surface area contributed by atoms with E-state index in [1.54, 1.807) is 29.2 Å². The van der Waals surface area contributed by atoms with Gasteiger partial charge in [0.05, 0.1) is 17.2 Å². The van der Waals surface area contributed by atoms with Gasteiger partial charge in [-0.2, -0.15) is 0 Å². The molecule has 6 heteroatoms. The fourth-order valence-corrected chi connectivity index (χ4v) is 2.89. The van der Waals surface area contributed by atoms with E-state index in [2.05, 4.69) is 10.6 Å². The molecule has 0 radical (unpaired) electrons. The Balaban J connectivity index is 2.09. The molecule has 2 rings (SSSR count). The highest BCUT2D eigenvalue weighted by Gasteiger charge is 2.39. The summed E-state index contributed by atoms with van der Waals surface area (Å²) in [4.78, 5) is 38.7. The van der Waals surface area contributed by atoms with Crippen molar-refractivity contribution in [2.45, 2.75) is 46.1 Å². The number of para-hydroxylation sites is 1. The number of benzene rings is 1. The predicted molar refractivity (Wildman–Crippen MR) is 97.3 cm³/mol. The number of amides is 3. The van der Waals surface area contributed by atoms with Crippen molar-refractivity contribution in [3.05, 3.63) is 29.8 Å². The highest BCUT2D eigenvalue weighted by atomic mass is 16.2. The second kappa shape index (κ2) is 7.68. The Kier molecular flexibility index (Phi) is 5.82. The van der Waals surface area contributed by atoms with E-state index < -0.39 is 5.92 Å². The van der Waals surface area contributed by atoms with Crippen molar-refractivity contribution >= 4 is 23.4 Å². The second-order valence-electron chi connectivity index (χ2n) is 7.37. The summed E-state index contributed by atoms with van der Waals surface area (Å²) in [7, 11) is 0. The molecule has 0 bridgehead atoms. The van der Waals surface area contributed by atoms with Crippen molar-refractivity contribution in [2.24, 2.45) is 5.92 Å². The second-order valence-corrected chi connectivity index (χ2v) is 7.37. The fourth-order valence-electron chi connectivity index (χ4n) is 2.89. The van der Waals surface area contributed by atoms with Crippen LogP contribution in [-0.4, -0.2) is 41.2 Å². The van der Waals surface area contributed by atoms with Crippen molar-refractivity contribution in [2.75, 3.05) is 18.4 Å². The van der Waals surface area contributed by atoms with Crippen LogP contribution in [-0.2, 0) is 9.59 Å². The smallest absolute Gasteiger partial charge is 0.253 e. The van der Waals surface area contributed by atoms with E-state index >= 15 is 0 Å². The van der Waals surface area contributed by atoms with Gasteiger partial charge in [0.15, 0.2) is 0 Å². The summed E-state index contributed by atoms with van der Waals surface area (Å²) in [6, 6.07) is 6.92. The normalized spacial score (nSPS) is 17.5. The summed E-state index contributed by atoms with van der Waals surface area (Å²) in [5.74, 6) is -0.854. The third-order valence-electron chi connectivity index (χ3n) is 4.27. The van der Waals surface area contributed by atoms with Crippen molar-refractivity contribution in [1.29, 1.82) is 0 Å². The molecule has 0 saturated carbocycles. The molecule has 1 aromatic rings. The lowest BCUT2D eigenvalue weighted by molar-refractivity contribution is -0.131. The van der Waals surface area contributed by atoms with E-state index in [0.29, 0.717) is 24.3 Å². The Hall–Kier alpha value is -2.37. The van der Waals surface area contributed by atoms with Gasteiger partial charge in [-0.05, 0) is 39.3 Å². The number of hydrogen-bond acceptors (Lipinski definition) is 3. The molecule has 1 saturated heterocycles. The molecule has 1 aliphatic heterocycles. The third kappa shape index (κ3) is 4.59. The van der Waals surface area contributed by atoms with Crippen molar-refractivity contribution in [1.82, 2.24) is 10.2 Å². The summed E-state index contributed by atoms with van der Waals surface area (Å²) in [6.45, 7) is 8.83. The van der Waals surface area contributed by atoms with Gasteiger partial charge in [0, 0.05) is 25.0 Å². The molecule has 1 atom stereocenters. The maximum atomic E-state index is 12.6. The number of carbonyl (C=O) groups is 3. The van der Waals surface area contributed by atoms with Gasteiger partial charge >= 0.3 is 0 Å². The molecule has 0 spiro atoms. The van der Waals surface area contributed by atoms with Crippen LogP contribution >= 0.6 is 0 Å². The van der Waals surface area contributed by atoms with Gasteiger partial charge in [0.25, 0.3) is 5.91 Å². The minimum Gasteiger partial charge on any atom is -0.352 e. The first-order valence-electron chi connectivity index (χ1n) is 8.72. The first-order valence-corrected chi connectivity index (χ1v) is 8.72. The lowest BCUT2D eigenvalue weighted by atomic mass is 10.1. The van der Waals surface area contributed by atoms with Gasteiger partial charge in [0.2, 0.25) is 11.8 Å². The summed E-state index contributed by atoms with van der Waals surface area (Å²) in [6.07, 6.45) is 1.04. The van der Waals surface area contributed by atoms with Gasteiger partial charge in [-0.15, -0.1) is 0 Å². The lowest BCUT2D eigenvalue weighted by Crippen LogP contribution is -2.42. The molecule has 136 valence electrons. The Bertz CT molecular complexity index is 664. The van der Waals surface area contributed by atoms with Gasteiger partial charge in [0.1, 0.15) is 0 Å². The molecule has 1 fully saturated rings. The lowest BCUT2D eigenvalue weighted by Gasteiger charge is -2.31. The van der Waals surface area contributed by atoms with Crippen molar-refractivity contribution < 1.29 is 14.4 Å². The maximum absolute atomic E-state index is 12.6. The number of rotatable bonds is 5. The van der Waals surface area contributed by atoms with Crippen LogP contribution in [0.2, 0.25) is 0 Å². The number of nitrogens with zero attached hydrogens (tertiary/aromatic N) is 1. The average molecular weight is 345 g/mol. The molecule has 3 amide bonds. The third-order valence-corrected chi connectivity index (χ3v) is 4.27. The molecule has 0 aromatic heterocycles. The van der Waals surface area contributed by atoms with Crippen LogP contribution < -0.4 is 10.6 Å². The molecule has 1 aromatic carbocycles. The van der Waals surface area contributed by atoms with E-state index in [9.17, 15) is 14.4 Å². The Morgan fingerprint density at radius 3 is 2.52 bits per heavy atom. The van der Waals surface area contributed by atoms with Crippen molar-refractivity contribution in [3.8, 4) is 0 Å². The van der Waals surface area contributed by atoms with Crippen LogP contribution in [0.4, 0.5) is 5.69 Å². The molecule has 1 unspecified atom stereocenters. The molecule has 2 N–H and O–H groups in total. The summed E-state index contributed by atoms with van der Waals surface area (Å²) in [5.41, 5.74) is 0.605. The number of carbonyl (C=O) groups excluding carboxylic acids is 3. The first-order chi connectivity index (χ1) is 11.7. The van der Waals surface area contributed by atoms with E-state index in [1.807, 2.05) is 27.7 Å². The number of anilines is 1. The van der Waals surface area contributed by atoms with Crippen LogP contribution in [0.25, 0.3) is 0 Å². The number of likely N-dealkylation sites (tertiary alicyclic amines) is 1. The molecular weight excluding hydrogens is 318 g/mol. The molecule has 6 nitrogen and oxygen atoms in total. The van der Waals surface area contributed by atoms with Crippen LogP contribution in [0.3, 0.4) is 0 Å². The van der Waals surface area contributed by atoms with Crippen LogP contribution in [0.5, 0.6) is 0 Å². The minimum absolute atomic E-state index is 0.0124. The average Bonchev–Trinajstić information content (AvgIpc) is 2.95. The van der Waals surface area contributed by atoms with E-state index in [1.165, 1.54) is 0 Å². The zero-order valence-electron chi connectivity index (χ0n) is 15.4. The van der Waals surface area contributed by atoms with Crippen LogP contribution in [0.1, 0.15) is 50.9 Å². The minimum atomic E-state index is -0.404. The number of nitrogens with one attached hydrogen (secondary N) is 2. The Morgan fingerprint density at radius 1 is 1.24 bits per heavy atom. The standard InChI is InChI=1S/C19H27N3O3/c1-5-10-20-18(25)14-8-6-7-9-15(14)21-17(24)13-11-16(23)22(12-13)19(2,3)4/h6-9,13H,5,10-12H2,1-4H3,(H,20,25)(H,21,24). The van der Waals surface area contributed by atoms with E-state index in [4.69, 9.17) is 0 Å². The Morgan fingerprint density at radius 2 is 1.92 bits per heavy atom. The maximum Gasteiger partial charge on any atom is 0.253 e. The SMILES string of the molecule is CCCNC(=O)c1ccccc1NC(=O)C1CC(=O)N(C(C)(C)C)C1. The summed E-state index contributed by atoms with van der Waals surface area (Å²) in [5, 5.41) is 5.64. The van der Waals surface area contributed by atoms with Gasteiger partial charge in [-0.3, -0.25) is 14.4 Å². The molecule has 1 aliphatic rings. The van der Waals surface area contributed by atoms with Gasteiger partial charge in [-0.25, -0.2) is 0 Å². The summed E-state index contributed by atoms with van der Waals surface area (Å²) < 4.78 is 0. The van der Waals surface area contributed by atoms with Crippen molar-refractivity contribution in [3.63, 3.8) is 0 Å². The monoisotopic (exact) mass is 345 g/mol. The van der Waals surface area contributed by atoms with Gasteiger partial charge in [-0.1, -0.05) is 19.1 Å². The van der Waals surface area contributed by atoms with Crippen LogP contribution in [0.15, 0.2) is 24.3 Å². The van der Waals surface area contributed by atoms with Gasteiger partial charge < -0.3 is 15.5 Å². The summed E-state index contributed by atoms with van der Waals surface area (Å²) >= 11 is 0. The highest BCUT2D eigenvalue weighted by molar-refractivity contribution is 6.05. The molecule has 0 aliphatic carbocycles. The predicted octanol–water partition coefficient (Wildman–Crippen LogP) is 2.41. The molecule has 25 heavy (non-hydrogen) atoms. The highest BCUT2D eigenvalue weighted by Crippen LogP contribution is 2.27. The number of hydrogen-bond donors (Lipinski definition) is 2. The van der Waals surface area contributed by atoms with Crippen LogP contribution in [0, 0.1) is 5.92 Å². The zero-order valence-corrected chi connectivity index (χ0v) is 15.4. The topological polar surface area (TPSA) is 78.5 Å². The Labute approximate surface area is 149 Å². The zero-order chi connectivity index (χ0) is 18.6. The quantitative estimate of drug-likeness (QED) is 0.860. The largest absolute Gasteiger partial charge is 0.352 e. The molecule has 1 heterocycles. The molecular formula is C19H27N3O3. The van der Waals surface area contributed by atoms with E-state index in [-0.39, 0.29) is 29.7 Å². The first kappa shape index (κ1) is 19.0. The fraction of sp³-hybridized carbons (Fsp3) is 0.526.